The lowest BCUT2D eigenvalue weighted by Gasteiger charge is -2.25. The van der Waals surface area contributed by atoms with Gasteiger partial charge in [-0.25, -0.2) is 4.98 Å². The molecule has 6 heteroatoms. The predicted molar refractivity (Wildman–Crippen MR) is 85.3 cm³/mol. The van der Waals surface area contributed by atoms with Crippen molar-refractivity contribution in [3.63, 3.8) is 0 Å². The summed E-state index contributed by atoms with van der Waals surface area (Å²) in [7, 11) is 0. The Morgan fingerprint density at radius 1 is 1.26 bits per heavy atom. The lowest BCUT2D eigenvalue weighted by molar-refractivity contribution is 0.0731. The average molecular weight is 308 g/mol. The number of aromatic nitrogens is 3. The van der Waals surface area contributed by atoms with E-state index >= 15 is 0 Å². The summed E-state index contributed by atoms with van der Waals surface area (Å²) >= 11 is 0. The number of likely N-dealkylation sites (tertiary alicyclic amines) is 1. The molecule has 1 unspecified atom stereocenters. The highest BCUT2D eigenvalue weighted by molar-refractivity contribution is 5.94. The number of carbonyl (C=O) groups is 1. The number of rotatable bonds is 2. The third-order valence-electron chi connectivity index (χ3n) is 4.35. The zero-order valence-corrected chi connectivity index (χ0v) is 12.5. The van der Waals surface area contributed by atoms with Gasteiger partial charge in [0.1, 0.15) is 5.65 Å². The second kappa shape index (κ2) is 5.39. The van der Waals surface area contributed by atoms with E-state index in [9.17, 15) is 9.59 Å². The first-order chi connectivity index (χ1) is 11.2. The average Bonchev–Trinajstić information content (AvgIpc) is 3.23. The summed E-state index contributed by atoms with van der Waals surface area (Å²) in [6, 6.07) is 8.94. The fourth-order valence-electron chi connectivity index (χ4n) is 3.27. The van der Waals surface area contributed by atoms with Crippen molar-refractivity contribution in [1.82, 2.24) is 19.3 Å². The minimum atomic E-state index is -0.206. The molecule has 3 aromatic rings. The predicted octanol–water partition coefficient (Wildman–Crippen LogP) is 2.00. The summed E-state index contributed by atoms with van der Waals surface area (Å²) < 4.78 is 2.03. The van der Waals surface area contributed by atoms with Crippen LogP contribution in [0.3, 0.4) is 0 Å². The molecule has 0 spiro atoms. The van der Waals surface area contributed by atoms with E-state index in [0.29, 0.717) is 12.1 Å². The Hall–Kier alpha value is -2.89. The van der Waals surface area contributed by atoms with E-state index < -0.39 is 0 Å². The van der Waals surface area contributed by atoms with Gasteiger partial charge in [0.25, 0.3) is 5.91 Å². The van der Waals surface area contributed by atoms with Crippen LogP contribution in [0.1, 0.15) is 34.9 Å². The molecule has 4 rings (SSSR count). The van der Waals surface area contributed by atoms with Crippen LogP contribution in [0.5, 0.6) is 0 Å². The molecule has 1 atom stereocenters. The van der Waals surface area contributed by atoms with Gasteiger partial charge in [0.05, 0.1) is 11.6 Å². The van der Waals surface area contributed by atoms with Gasteiger partial charge in [-0.05, 0) is 31.0 Å². The van der Waals surface area contributed by atoms with Gasteiger partial charge in [-0.2, -0.15) is 0 Å². The minimum Gasteiger partial charge on any atom is -0.330 e. The van der Waals surface area contributed by atoms with Crippen LogP contribution in [0.15, 0.2) is 53.7 Å². The Morgan fingerprint density at radius 3 is 3.00 bits per heavy atom. The number of H-pyrrole nitrogens is 1. The molecule has 1 N–H and O–H groups in total. The van der Waals surface area contributed by atoms with Crippen molar-refractivity contribution in [2.24, 2.45) is 0 Å². The first kappa shape index (κ1) is 13.8. The van der Waals surface area contributed by atoms with Gasteiger partial charge in [-0.15, -0.1) is 0 Å². The quantitative estimate of drug-likeness (QED) is 0.787. The maximum atomic E-state index is 12.8. The Balaban J connectivity index is 1.71. The Kier molecular flexibility index (Phi) is 3.22. The van der Waals surface area contributed by atoms with E-state index in [1.165, 1.54) is 12.3 Å². The zero-order valence-electron chi connectivity index (χ0n) is 12.5. The van der Waals surface area contributed by atoms with Crippen molar-refractivity contribution < 1.29 is 4.79 Å². The molecule has 1 amide bonds. The van der Waals surface area contributed by atoms with Crippen LogP contribution in [0.2, 0.25) is 0 Å². The van der Waals surface area contributed by atoms with E-state index in [1.54, 1.807) is 12.3 Å². The normalized spacial score (nSPS) is 17.7. The number of pyridine rings is 2. The van der Waals surface area contributed by atoms with Gasteiger partial charge in [0.2, 0.25) is 5.56 Å². The first-order valence-electron chi connectivity index (χ1n) is 7.66. The highest BCUT2D eigenvalue weighted by atomic mass is 16.2. The van der Waals surface area contributed by atoms with E-state index in [-0.39, 0.29) is 17.5 Å². The lowest BCUT2D eigenvalue weighted by Crippen LogP contribution is -2.31. The van der Waals surface area contributed by atoms with Gasteiger partial charge < -0.3 is 14.3 Å². The van der Waals surface area contributed by atoms with E-state index in [2.05, 4.69) is 9.97 Å². The highest BCUT2D eigenvalue weighted by Crippen LogP contribution is 2.33. The van der Waals surface area contributed by atoms with Gasteiger partial charge >= 0.3 is 0 Å². The number of aromatic amines is 1. The number of fused-ring (bicyclic) bond motifs is 1. The second-order valence-corrected chi connectivity index (χ2v) is 5.70. The Morgan fingerprint density at radius 2 is 2.17 bits per heavy atom. The van der Waals surface area contributed by atoms with Crippen LogP contribution in [0, 0.1) is 0 Å². The molecule has 1 aliphatic rings. The van der Waals surface area contributed by atoms with Crippen LogP contribution in [0.4, 0.5) is 0 Å². The van der Waals surface area contributed by atoms with Gasteiger partial charge in [0.15, 0.2) is 0 Å². The second-order valence-electron chi connectivity index (χ2n) is 5.70. The summed E-state index contributed by atoms with van der Waals surface area (Å²) in [6.07, 6.45) is 7.06. The fraction of sp³-hybridized carbons (Fsp3) is 0.235. The Labute approximate surface area is 132 Å². The number of nitrogens with one attached hydrogen (secondary N) is 1. The number of carbonyl (C=O) groups excluding carboxylic acids is 1. The summed E-state index contributed by atoms with van der Waals surface area (Å²) in [5, 5.41) is 0. The first-order valence-corrected chi connectivity index (χ1v) is 7.66. The lowest BCUT2D eigenvalue weighted by atomic mass is 10.1. The molecule has 1 fully saturated rings. The molecular weight excluding hydrogens is 292 g/mol. The van der Waals surface area contributed by atoms with Crippen molar-refractivity contribution >= 4 is 11.6 Å². The summed E-state index contributed by atoms with van der Waals surface area (Å²) in [6.45, 7) is 0.716. The molecule has 4 heterocycles. The zero-order chi connectivity index (χ0) is 15.8. The van der Waals surface area contributed by atoms with Crippen LogP contribution in [0.25, 0.3) is 5.65 Å². The maximum absolute atomic E-state index is 12.8. The molecule has 6 nitrogen and oxygen atoms in total. The van der Waals surface area contributed by atoms with Crippen molar-refractivity contribution in [3.05, 3.63) is 70.5 Å². The van der Waals surface area contributed by atoms with Crippen molar-refractivity contribution in [1.29, 1.82) is 0 Å². The SMILES string of the molecule is O=C(c1ccc(=O)[nH]c1)N1CCCC1c1cccc2nccn12. The maximum Gasteiger partial charge on any atom is 0.255 e. The van der Waals surface area contributed by atoms with Crippen molar-refractivity contribution in [3.8, 4) is 0 Å². The molecule has 0 saturated carbocycles. The highest BCUT2D eigenvalue weighted by Gasteiger charge is 2.32. The number of nitrogens with zero attached hydrogens (tertiary/aromatic N) is 3. The summed E-state index contributed by atoms with van der Waals surface area (Å²) in [5.74, 6) is -0.0548. The van der Waals surface area contributed by atoms with Crippen LogP contribution in [-0.2, 0) is 0 Å². The number of imidazole rings is 1. The molecule has 1 saturated heterocycles. The smallest absolute Gasteiger partial charge is 0.255 e. The third kappa shape index (κ3) is 2.32. The van der Waals surface area contributed by atoms with Gasteiger partial charge in [-0.1, -0.05) is 6.07 Å². The van der Waals surface area contributed by atoms with E-state index in [0.717, 1.165) is 24.2 Å². The van der Waals surface area contributed by atoms with Crippen LogP contribution < -0.4 is 5.56 Å². The number of hydrogen-bond acceptors (Lipinski definition) is 3. The monoisotopic (exact) mass is 308 g/mol. The van der Waals surface area contributed by atoms with Crippen LogP contribution in [-0.4, -0.2) is 31.7 Å². The molecule has 23 heavy (non-hydrogen) atoms. The van der Waals surface area contributed by atoms with E-state index in [1.807, 2.05) is 33.7 Å². The number of hydrogen-bond donors (Lipinski definition) is 1. The topological polar surface area (TPSA) is 70.5 Å². The van der Waals surface area contributed by atoms with Gasteiger partial charge in [-0.3, -0.25) is 9.59 Å². The molecular formula is C17H16N4O2. The fourth-order valence-corrected chi connectivity index (χ4v) is 3.27. The van der Waals surface area contributed by atoms with Crippen molar-refractivity contribution in [2.75, 3.05) is 6.54 Å². The molecule has 0 bridgehead atoms. The molecule has 116 valence electrons. The third-order valence-corrected chi connectivity index (χ3v) is 4.35. The van der Waals surface area contributed by atoms with E-state index in [4.69, 9.17) is 0 Å². The largest absolute Gasteiger partial charge is 0.330 e. The van der Waals surface area contributed by atoms with Gasteiger partial charge in [0, 0.05) is 36.9 Å². The molecule has 0 aromatic carbocycles. The van der Waals surface area contributed by atoms with Crippen LogP contribution >= 0.6 is 0 Å². The Bertz CT molecular complexity index is 907. The number of amides is 1. The summed E-state index contributed by atoms with van der Waals surface area (Å²) in [5.41, 5.74) is 2.25. The summed E-state index contributed by atoms with van der Waals surface area (Å²) in [4.78, 5) is 32.7. The molecule has 3 aromatic heterocycles. The molecule has 0 radical (unpaired) electrons. The molecule has 0 aliphatic carbocycles. The molecule has 1 aliphatic heterocycles. The minimum absolute atomic E-state index is 0.0207. The standard InChI is InChI=1S/C17H16N4O2/c22-16-7-6-12(11-19-16)17(23)21-9-2-4-14(21)13-3-1-5-15-18-8-10-20(13)15/h1,3,5-8,10-11,14H,2,4,9H2,(H,19,22). The van der Waals surface area contributed by atoms with Crippen molar-refractivity contribution in [2.45, 2.75) is 18.9 Å².